The number of ketones is 1. The van der Waals surface area contributed by atoms with E-state index in [1.807, 2.05) is 54.6 Å². The smallest absolute Gasteiger partial charge is 0.179 e. The van der Waals surface area contributed by atoms with Crippen molar-refractivity contribution in [3.63, 3.8) is 0 Å². The van der Waals surface area contributed by atoms with Crippen LogP contribution in [-0.4, -0.2) is 17.1 Å². The lowest BCUT2D eigenvalue weighted by atomic mass is 10.00. The number of carbonyl (C=O) groups excluding carboxylic acids is 2. The molecule has 0 aliphatic rings. The summed E-state index contributed by atoms with van der Waals surface area (Å²) >= 11 is 10.7. The predicted octanol–water partition coefficient (Wildman–Crippen LogP) is 6.76. The minimum Gasteiger partial charge on any atom is -0.302 e. The topological polar surface area (TPSA) is 46.5 Å². The molecular weight excluding hydrogens is 470 g/mol. The van der Waals surface area contributed by atoms with Crippen LogP contribution < -0.4 is 0 Å². The first-order chi connectivity index (χ1) is 14.1. The number of thioether (sulfide) groups is 1. The summed E-state index contributed by atoms with van der Waals surface area (Å²) < 4.78 is 0.994. The molecule has 3 aromatic carbocycles. The molecule has 3 aromatic rings. The lowest BCUT2D eigenvalue weighted by Gasteiger charge is -2.13. The standard InChI is InChI=1S/C23H17BrClNO2S/c24-18-10-6-16(7-11-18)15-29-23(26-20-4-2-1-3-5-20)21(14-27)22(28)17-8-12-19(25)13-9-17/h1-14,21H,15H2. The Hall–Kier alpha value is -2.21. The number of hydrogen-bond donors (Lipinski definition) is 0. The van der Waals surface area contributed by atoms with Gasteiger partial charge in [-0.3, -0.25) is 4.79 Å². The maximum Gasteiger partial charge on any atom is 0.179 e. The van der Waals surface area contributed by atoms with Gasteiger partial charge in [-0.2, -0.15) is 0 Å². The van der Waals surface area contributed by atoms with E-state index in [1.54, 1.807) is 24.3 Å². The van der Waals surface area contributed by atoms with E-state index < -0.39 is 5.92 Å². The Balaban J connectivity index is 1.90. The van der Waals surface area contributed by atoms with Crippen LogP contribution >= 0.6 is 39.3 Å². The Morgan fingerprint density at radius 3 is 2.28 bits per heavy atom. The molecule has 0 aliphatic carbocycles. The zero-order valence-electron chi connectivity index (χ0n) is 15.3. The fourth-order valence-electron chi connectivity index (χ4n) is 2.59. The van der Waals surface area contributed by atoms with Crippen molar-refractivity contribution in [1.29, 1.82) is 0 Å². The molecule has 146 valence electrons. The van der Waals surface area contributed by atoms with Crippen LogP contribution in [0.1, 0.15) is 15.9 Å². The fourth-order valence-corrected chi connectivity index (χ4v) is 3.99. The molecule has 29 heavy (non-hydrogen) atoms. The number of Topliss-reactive ketones (excluding diaryl/α,β-unsaturated/α-hetero) is 1. The van der Waals surface area contributed by atoms with Gasteiger partial charge in [-0.1, -0.05) is 57.9 Å². The summed E-state index contributed by atoms with van der Waals surface area (Å²) in [5.74, 6) is -0.677. The molecule has 3 nitrogen and oxygen atoms in total. The van der Waals surface area contributed by atoms with Crippen LogP contribution in [0.2, 0.25) is 5.02 Å². The molecule has 0 aliphatic heterocycles. The molecule has 0 aromatic heterocycles. The number of benzene rings is 3. The van der Waals surface area contributed by atoms with E-state index in [2.05, 4.69) is 20.9 Å². The molecule has 0 radical (unpaired) electrons. The molecule has 0 heterocycles. The van der Waals surface area contributed by atoms with Gasteiger partial charge < -0.3 is 4.79 Å². The lowest BCUT2D eigenvalue weighted by Crippen LogP contribution is -2.24. The Morgan fingerprint density at radius 1 is 1.00 bits per heavy atom. The molecule has 0 fully saturated rings. The first-order valence-corrected chi connectivity index (χ1v) is 11.0. The van der Waals surface area contributed by atoms with Gasteiger partial charge in [-0.05, 0) is 54.1 Å². The normalized spacial score (nSPS) is 12.4. The third kappa shape index (κ3) is 6.13. The summed E-state index contributed by atoms with van der Waals surface area (Å²) in [6.07, 6.45) is 0.660. The van der Waals surface area contributed by atoms with E-state index in [1.165, 1.54) is 11.8 Å². The molecule has 0 N–H and O–H groups in total. The van der Waals surface area contributed by atoms with Crippen LogP contribution in [-0.2, 0) is 10.5 Å². The van der Waals surface area contributed by atoms with Crippen LogP contribution in [0.3, 0.4) is 0 Å². The Labute approximate surface area is 187 Å². The van der Waals surface area contributed by atoms with Crippen molar-refractivity contribution < 1.29 is 9.59 Å². The highest BCUT2D eigenvalue weighted by atomic mass is 79.9. The SMILES string of the molecule is O=CC(C(=O)c1ccc(Cl)cc1)C(=Nc1ccccc1)SCc1ccc(Br)cc1. The minimum atomic E-state index is -0.975. The Bertz CT molecular complexity index is 1010. The molecule has 0 amide bonds. The van der Waals surface area contributed by atoms with Crippen molar-refractivity contribution >= 4 is 62.1 Å². The molecule has 1 atom stereocenters. The third-order valence-corrected chi connectivity index (χ3v) is 6.01. The van der Waals surface area contributed by atoms with E-state index in [4.69, 9.17) is 11.6 Å². The Kier molecular flexibility index (Phi) is 7.81. The molecule has 0 saturated heterocycles. The number of para-hydroxylation sites is 1. The summed E-state index contributed by atoms with van der Waals surface area (Å²) in [6, 6.07) is 23.7. The van der Waals surface area contributed by atoms with Crippen molar-refractivity contribution in [3.8, 4) is 0 Å². The number of aldehydes is 1. The lowest BCUT2D eigenvalue weighted by molar-refractivity contribution is -0.108. The van der Waals surface area contributed by atoms with Crippen molar-refractivity contribution in [2.45, 2.75) is 5.75 Å². The molecule has 1 unspecified atom stereocenters. The van der Waals surface area contributed by atoms with Gasteiger partial charge in [-0.15, -0.1) is 11.8 Å². The quantitative estimate of drug-likeness (QED) is 0.122. The maximum atomic E-state index is 13.0. The fraction of sp³-hybridized carbons (Fsp3) is 0.0870. The molecule has 3 rings (SSSR count). The number of nitrogens with zero attached hydrogens (tertiary/aromatic N) is 1. The summed E-state index contributed by atoms with van der Waals surface area (Å²) in [4.78, 5) is 29.5. The highest BCUT2D eigenvalue weighted by Gasteiger charge is 2.26. The average Bonchev–Trinajstić information content (AvgIpc) is 2.74. The average molecular weight is 487 g/mol. The summed E-state index contributed by atoms with van der Waals surface area (Å²) in [6.45, 7) is 0. The van der Waals surface area contributed by atoms with Crippen molar-refractivity contribution in [2.75, 3.05) is 0 Å². The van der Waals surface area contributed by atoms with Gasteiger partial charge in [0, 0.05) is 20.8 Å². The predicted molar refractivity (Wildman–Crippen MR) is 124 cm³/mol. The summed E-state index contributed by atoms with van der Waals surface area (Å²) in [5, 5.41) is 1.00. The summed E-state index contributed by atoms with van der Waals surface area (Å²) in [7, 11) is 0. The van der Waals surface area contributed by atoms with Gasteiger partial charge in [0.05, 0.1) is 10.7 Å². The third-order valence-electron chi connectivity index (χ3n) is 4.11. The first kappa shape index (κ1) is 21.5. The van der Waals surface area contributed by atoms with Gasteiger partial charge in [0.25, 0.3) is 0 Å². The monoisotopic (exact) mass is 485 g/mol. The van der Waals surface area contributed by atoms with E-state index in [0.29, 0.717) is 33.4 Å². The number of carbonyl (C=O) groups is 2. The largest absolute Gasteiger partial charge is 0.302 e. The van der Waals surface area contributed by atoms with Crippen LogP contribution in [0.5, 0.6) is 0 Å². The van der Waals surface area contributed by atoms with Crippen LogP contribution in [0, 0.1) is 5.92 Å². The van der Waals surface area contributed by atoms with Crippen molar-refractivity contribution in [2.24, 2.45) is 10.9 Å². The van der Waals surface area contributed by atoms with E-state index in [0.717, 1.165) is 10.0 Å². The number of aliphatic imine (C=N–C) groups is 1. The second-order valence-corrected chi connectivity index (χ2v) is 8.53. The van der Waals surface area contributed by atoms with Gasteiger partial charge >= 0.3 is 0 Å². The second kappa shape index (κ2) is 10.5. The van der Waals surface area contributed by atoms with Gasteiger partial charge in [0.15, 0.2) is 5.78 Å². The Morgan fingerprint density at radius 2 is 1.66 bits per heavy atom. The van der Waals surface area contributed by atoms with Crippen molar-refractivity contribution in [3.05, 3.63) is 99.5 Å². The van der Waals surface area contributed by atoms with Crippen LogP contribution in [0.25, 0.3) is 0 Å². The molecular formula is C23H17BrClNO2S. The van der Waals surface area contributed by atoms with E-state index in [9.17, 15) is 9.59 Å². The van der Waals surface area contributed by atoms with Crippen LogP contribution in [0.4, 0.5) is 5.69 Å². The van der Waals surface area contributed by atoms with E-state index >= 15 is 0 Å². The molecule has 0 bridgehead atoms. The van der Waals surface area contributed by atoms with Gasteiger partial charge in [-0.25, -0.2) is 4.99 Å². The molecule has 0 spiro atoms. The maximum absolute atomic E-state index is 13.0. The van der Waals surface area contributed by atoms with Crippen LogP contribution in [0.15, 0.2) is 88.3 Å². The first-order valence-electron chi connectivity index (χ1n) is 8.83. The highest BCUT2D eigenvalue weighted by Crippen LogP contribution is 2.26. The van der Waals surface area contributed by atoms with E-state index in [-0.39, 0.29) is 5.78 Å². The zero-order valence-corrected chi connectivity index (χ0v) is 18.5. The van der Waals surface area contributed by atoms with Gasteiger partial charge in [0.1, 0.15) is 12.2 Å². The number of rotatable bonds is 7. The number of halogens is 2. The second-order valence-electron chi connectivity index (χ2n) is 6.19. The highest BCUT2D eigenvalue weighted by molar-refractivity contribution is 9.10. The zero-order chi connectivity index (χ0) is 20.6. The summed E-state index contributed by atoms with van der Waals surface area (Å²) in [5.41, 5.74) is 2.20. The molecule has 6 heteroatoms. The number of hydrogen-bond acceptors (Lipinski definition) is 4. The molecule has 0 saturated carbocycles. The minimum absolute atomic E-state index is 0.297. The van der Waals surface area contributed by atoms with Gasteiger partial charge in [0.2, 0.25) is 0 Å². The van der Waals surface area contributed by atoms with Crippen molar-refractivity contribution in [1.82, 2.24) is 0 Å².